The number of hydrogen-bond donors (Lipinski definition) is 10. The number of fused-ring (bicyclic) bond motifs is 3. The van der Waals surface area contributed by atoms with Crippen molar-refractivity contribution in [3.8, 4) is 5.75 Å². The molecule has 0 spiro atoms. The number of anilines is 2. The van der Waals surface area contributed by atoms with E-state index in [1.54, 1.807) is 6.07 Å². The number of amides is 2. The number of allylic oxidation sites excluding steroid dienone is 1. The SMILES string of the molecule is CN(C)C1=CC2Oc3cc(N(C)C)ccc3C(c3ccc(C(=O)NCCNC(=O)O[C@@H]4[C@H](O)[C@@H](COP(=O)(O)OP(=O)(O)OP(=O)(O)O)O[C@H]4n4cnc5c(=S)nc(N)[nH]c54)cc3C(=O)O)=C2C=C1. The van der Waals surface area contributed by atoms with Gasteiger partial charge in [0.1, 0.15) is 35.2 Å². The minimum absolute atomic E-state index is 0.0104. The third-order valence-corrected chi connectivity index (χ3v) is 14.5. The molecule has 2 amide bonds. The number of ether oxygens (including phenoxy) is 3. The second-order valence-corrected chi connectivity index (χ2v) is 20.4. The average molecular weight is 1040 g/mol. The molecule has 2 aromatic heterocycles. The van der Waals surface area contributed by atoms with E-state index in [9.17, 15) is 48.1 Å². The van der Waals surface area contributed by atoms with E-state index in [4.69, 9.17) is 41.9 Å². The minimum Gasteiger partial charge on any atom is -0.481 e. The Balaban J connectivity index is 1.04. The van der Waals surface area contributed by atoms with Crippen LogP contribution in [0.2, 0.25) is 0 Å². The number of rotatable bonds is 17. The van der Waals surface area contributed by atoms with E-state index in [1.807, 2.05) is 74.4 Å². The molecular formula is C38H44N9O18P3S. The average Bonchev–Trinajstić information content (AvgIpc) is 3.81. The Hall–Kier alpha value is -5.83. The number of aliphatic hydroxyl groups is 1. The van der Waals surface area contributed by atoms with Gasteiger partial charge in [-0.1, -0.05) is 24.4 Å². The summed E-state index contributed by atoms with van der Waals surface area (Å²) in [6.45, 7) is -1.62. The number of carbonyl (C=O) groups excluding carboxylic acids is 2. The van der Waals surface area contributed by atoms with Crippen LogP contribution < -0.4 is 26.0 Å². The number of nitrogens with two attached hydrogens (primary N) is 1. The van der Waals surface area contributed by atoms with Crippen molar-refractivity contribution in [1.82, 2.24) is 35.1 Å². The van der Waals surface area contributed by atoms with E-state index in [0.717, 1.165) is 23.3 Å². The van der Waals surface area contributed by atoms with Crippen molar-refractivity contribution in [3.05, 3.63) is 99.1 Å². The number of benzene rings is 2. The van der Waals surface area contributed by atoms with Crippen molar-refractivity contribution in [2.45, 2.75) is 30.6 Å². The number of phosphoric ester groups is 1. The molecule has 370 valence electrons. The maximum Gasteiger partial charge on any atom is 0.490 e. The number of H-pyrrole nitrogens is 1. The van der Waals surface area contributed by atoms with Gasteiger partial charge in [-0.15, -0.1) is 0 Å². The second kappa shape index (κ2) is 19.9. The number of aromatic carboxylic acids is 1. The molecule has 3 unspecified atom stereocenters. The van der Waals surface area contributed by atoms with Gasteiger partial charge in [0, 0.05) is 81.0 Å². The highest BCUT2D eigenvalue weighted by atomic mass is 32.1. The summed E-state index contributed by atoms with van der Waals surface area (Å²) >= 11 is 5.21. The number of phosphoric acid groups is 3. The van der Waals surface area contributed by atoms with Crippen molar-refractivity contribution in [2.24, 2.45) is 0 Å². The van der Waals surface area contributed by atoms with Gasteiger partial charge in [-0.2, -0.15) is 8.62 Å². The molecule has 2 aromatic carbocycles. The highest BCUT2D eigenvalue weighted by molar-refractivity contribution is 7.71. The van der Waals surface area contributed by atoms with Crippen LogP contribution >= 0.6 is 35.7 Å². The van der Waals surface area contributed by atoms with Gasteiger partial charge in [0.05, 0.1) is 18.5 Å². The summed E-state index contributed by atoms with van der Waals surface area (Å²) in [6, 6.07) is 9.87. The summed E-state index contributed by atoms with van der Waals surface area (Å²) in [5, 5.41) is 26.7. The molecule has 0 saturated carbocycles. The number of likely N-dealkylation sites (N-methyl/N-ethyl adjacent to an activating group) is 1. The van der Waals surface area contributed by atoms with Crippen LogP contribution in [0.4, 0.5) is 16.4 Å². The van der Waals surface area contributed by atoms with Crippen LogP contribution in [-0.4, -0.2) is 144 Å². The number of aromatic nitrogens is 4. The van der Waals surface area contributed by atoms with Gasteiger partial charge in [0.15, 0.2) is 22.9 Å². The van der Waals surface area contributed by atoms with E-state index in [0.29, 0.717) is 22.4 Å². The lowest BCUT2D eigenvalue weighted by Crippen LogP contribution is -2.41. The van der Waals surface area contributed by atoms with Gasteiger partial charge in [-0.25, -0.2) is 33.3 Å². The molecule has 69 heavy (non-hydrogen) atoms. The summed E-state index contributed by atoms with van der Waals surface area (Å²) in [7, 11) is -9.72. The maximum atomic E-state index is 13.4. The molecule has 7 rings (SSSR count). The third kappa shape index (κ3) is 11.6. The van der Waals surface area contributed by atoms with Gasteiger partial charge in [0.2, 0.25) is 0 Å². The number of nitrogens with one attached hydrogen (secondary N) is 3. The zero-order valence-corrected chi connectivity index (χ0v) is 39.9. The standard InChI is InChI=1S/C38H44N9O18P3S/c1-45(2)19-6-9-22-25(14-19)61-26-15-20(46(3)4)7-10-23(26)28(22)21-8-5-18(13-24(21)36(50)51)33(49)40-11-12-41-38(52)63-31-30(48)27(16-60-67(56,57)65-68(58,59)64-66(53,54)55)62-35(31)47-17-42-29-32(47)43-37(39)44-34(29)69/h5-10,13-15,17,25,27,30-31,35,48H,11-12,16H2,1-4H3,(H,40,49)(H,41,52)(H,50,51)(H,56,57)(H,58,59)(H2,53,54,55)(H3,39,43,44,69)/t25?,27-,30-,31-,35-/m1/s1. The third-order valence-electron chi connectivity index (χ3n) is 10.4. The molecule has 3 aliphatic rings. The Morgan fingerprint density at radius 2 is 1.67 bits per heavy atom. The molecule has 2 aliphatic heterocycles. The van der Waals surface area contributed by atoms with E-state index >= 15 is 0 Å². The van der Waals surface area contributed by atoms with Gasteiger partial charge in [-0.05, 0) is 42.0 Å². The number of hydrogen-bond acceptors (Lipinski definition) is 19. The molecular weight excluding hydrogens is 995 g/mol. The number of nitrogens with zero attached hydrogens (tertiary/aromatic N) is 5. The summed E-state index contributed by atoms with van der Waals surface area (Å²) in [4.78, 5) is 91.2. The van der Waals surface area contributed by atoms with Crippen LogP contribution in [0, 0.1) is 4.64 Å². The van der Waals surface area contributed by atoms with Crippen LogP contribution in [0.25, 0.3) is 16.7 Å². The van der Waals surface area contributed by atoms with Gasteiger partial charge in [-0.3, -0.25) is 13.9 Å². The molecule has 31 heteroatoms. The smallest absolute Gasteiger partial charge is 0.481 e. The fraction of sp³-hybridized carbons (Fsp3) is 0.316. The molecule has 0 bridgehead atoms. The van der Waals surface area contributed by atoms with E-state index in [-0.39, 0.29) is 46.0 Å². The molecule has 4 aromatic rings. The van der Waals surface area contributed by atoms with Crippen molar-refractivity contribution in [1.29, 1.82) is 0 Å². The summed E-state index contributed by atoms with van der Waals surface area (Å²) in [5.41, 5.74) is 9.89. The topological polar surface area (TPSA) is 382 Å². The monoisotopic (exact) mass is 1040 g/mol. The first-order chi connectivity index (χ1) is 32.3. The van der Waals surface area contributed by atoms with Crippen molar-refractivity contribution in [3.63, 3.8) is 0 Å². The number of imidazole rings is 1. The predicted molar refractivity (Wildman–Crippen MR) is 243 cm³/mol. The fourth-order valence-electron chi connectivity index (χ4n) is 7.39. The van der Waals surface area contributed by atoms with Crippen LogP contribution in [-0.2, 0) is 36.3 Å². The number of aromatic amines is 1. The number of carboxylic acid groups (broad SMARTS) is 1. The first-order valence-electron chi connectivity index (χ1n) is 20.1. The molecule has 7 atom stereocenters. The Morgan fingerprint density at radius 1 is 0.957 bits per heavy atom. The minimum atomic E-state index is -5.89. The fourth-order valence-corrected chi connectivity index (χ4v) is 10.7. The lowest BCUT2D eigenvalue weighted by atomic mass is 9.83. The Bertz CT molecular complexity index is 3030. The van der Waals surface area contributed by atoms with Crippen LogP contribution in [0.1, 0.15) is 38.1 Å². The van der Waals surface area contributed by atoms with Crippen molar-refractivity contribution < 1.29 is 85.2 Å². The first-order valence-corrected chi connectivity index (χ1v) is 25.0. The molecule has 1 aliphatic carbocycles. The second-order valence-electron chi connectivity index (χ2n) is 15.6. The van der Waals surface area contributed by atoms with E-state index in [1.165, 1.54) is 16.7 Å². The number of carboxylic acids is 1. The van der Waals surface area contributed by atoms with Crippen molar-refractivity contribution in [2.75, 3.05) is 58.5 Å². The van der Waals surface area contributed by atoms with Crippen LogP contribution in [0.3, 0.4) is 0 Å². The quantitative estimate of drug-likeness (QED) is 0.0412. The van der Waals surface area contributed by atoms with Crippen molar-refractivity contribution >= 4 is 82.0 Å². The number of alkyl carbamates (subject to hydrolysis) is 1. The highest BCUT2D eigenvalue weighted by Crippen LogP contribution is 2.66. The molecule has 4 heterocycles. The van der Waals surface area contributed by atoms with Gasteiger partial charge < -0.3 is 75.1 Å². The lowest BCUT2D eigenvalue weighted by molar-refractivity contribution is -0.0522. The summed E-state index contributed by atoms with van der Waals surface area (Å²) < 4.78 is 66.2. The maximum absolute atomic E-state index is 13.4. The van der Waals surface area contributed by atoms with E-state index in [2.05, 4.69) is 38.7 Å². The zero-order chi connectivity index (χ0) is 50.3. The van der Waals surface area contributed by atoms with Gasteiger partial charge in [0.25, 0.3) is 5.91 Å². The van der Waals surface area contributed by atoms with Gasteiger partial charge >= 0.3 is 35.5 Å². The molecule has 0 radical (unpaired) electrons. The van der Waals surface area contributed by atoms with E-state index < -0.39 is 78.7 Å². The summed E-state index contributed by atoms with van der Waals surface area (Å²) in [5.74, 6) is -1.62. The zero-order valence-electron chi connectivity index (χ0n) is 36.4. The first kappa shape index (κ1) is 51.0. The Kier molecular flexibility index (Phi) is 14.7. The molecule has 1 saturated heterocycles. The molecule has 27 nitrogen and oxygen atoms in total. The predicted octanol–water partition coefficient (Wildman–Crippen LogP) is 2.54. The highest BCUT2D eigenvalue weighted by Gasteiger charge is 2.50. The normalized spacial score (nSPS) is 21.5. The summed E-state index contributed by atoms with van der Waals surface area (Å²) in [6.07, 6.45) is -1.71. The number of carbonyl (C=O) groups is 3. The number of aliphatic hydroxyl groups excluding tert-OH is 1. The lowest BCUT2D eigenvalue weighted by Gasteiger charge is -2.33. The van der Waals surface area contributed by atoms with Crippen LogP contribution in [0.15, 0.2) is 72.2 Å². The Labute approximate surface area is 395 Å². The number of nitrogen functional groups attached to an aromatic ring is 1. The largest absolute Gasteiger partial charge is 0.490 e. The van der Waals surface area contributed by atoms with Crippen LogP contribution in [0.5, 0.6) is 5.75 Å². The molecule has 11 N–H and O–H groups in total. The Morgan fingerprint density at radius 3 is 2.35 bits per heavy atom. The molecule has 1 fully saturated rings.